The van der Waals surface area contributed by atoms with Gasteiger partial charge >= 0.3 is 0 Å². The van der Waals surface area contributed by atoms with Gasteiger partial charge in [0.15, 0.2) is 0 Å². The summed E-state index contributed by atoms with van der Waals surface area (Å²) in [5, 5.41) is 3.45. The lowest BCUT2D eigenvalue weighted by atomic mass is 10.1. The van der Waals surface area contributed by atoms with Crippen molar-refractivity contribution in [2.45, 2.75) is 13.1 Å². The van der Waals surface area contributed by atoms with E-state index in [1.165, 1.54) is 11.1 Å². The molecule has 0 heterocycles. The zero-order valence-electron chi connectivity index (χ0n) is 11.1. The van der Waals surface area contributed by atoms with Crippen molar-refractivity contribution in [3.8, 4) is 0 Å². The number of hydrogen-bond donors (Lipinski definition) is 1. The molecule has 96 valence electrons. The van der Waals surface area contributed by atoms with Gasteiger partial charge in [-0.05, 0) is 22.3 Å². The third-order valence-corrected chi connectivity index (χ3v) is 3.06. The third-order valence-electron chi connectivity index (χ3n) is 3.06. The molecular formula is C18H19N. The van der Waals surface area contributed by atoms with Crippen LogP contribution >= 0.6 is 0 Å². The highest BCUT2D eigenvalue weighted by molar-refractivity contribution is 5.48. The Morgan fingerprint density at radius 1 is 0.789 bits per heavy atom. The molecule has 0 saturated heterocycles. The van der Waals surface area contributed by atoms with E-state index in [0.29, 0.717) is 0 Å². The van der Waals surface area contributed by atoms with Crippen molar-refractivity contribution >= 4 is 12.2 Å². The van der Waals surface area contributed by atoms with Gasteiger partial charge in [0.05, 0.1) is 0 Å². The topological polar surface area (TPSA) is 12.0 Å². The van der Waals surface area contributed by atoms with Crippen molar-refractivity contribution < 1.29 is 0 Å². The average Bonchev–Trinajstić information content (AvgIpc) is 2.48. The van der Waals surface area contributed by atoms with Crippen molar-refractivity contribution in [1.29, 1.82) is 0 Å². The van der Waals surface area contributed by atoms with E-state index >= 15 is 0 Å². The minimum atomic E-state index is 0.866. The molecule has 2 rings (SSSR count). The van der Waals surface area contributed by atoms with Crippen LogP contribution in [-0.4, -0.2) is 0 Å². The highest BCUT2D eigenvalue weighted by Crippen LogP contribution is 2.08. The van der Waals surface area contributed by atoms with E-state index in [2.05, 4.69) is 67.0 Å². The lowest BCUT2D eigenvalue weighted by Crippen LogP contribution is -2.12. The number of nitrogens with one attached hydrogen (secondary N) is 1. The monoisotopic (exact) mass is 249 g/mol. The van der Waals surface area contributed by atoms with E-state index in [1.807, 2.05) is 12.2 Å². The van der Waals surface area contributed by atoms with Crippen LogP contribution in [0, 0.1) is 0 Å². The van der Waals surface area contributed by atoms with Crippen molar-refractivity contribution in [2.75, 3.05) is 0 Å². The number of benzene rings is 2. The van der Waals surface area contributed by atoms with E-state index in [4.69, 9.17) is 0 Å². The molecule has 0 spiro atoms. The summed E-state index contributed by atoms with van der Waals surface area (Å²) in [6, 6.07) is 16.8. The van der Waals surface area contributed by atoms with Crippen LogP contribution in [0.15, 0.2) is 61.7 Å². The molecule has 2 aromatic rings. The molecule has 1 nitrogen and oxygen atoms in total. The second kappa shape index (κ2) is 6.72. The molecule has 0 aliphatic rings. The summed E-state index contributed by atoms with van der Waals surface area (Å²) in [6.07, 6.45) is 3.73. The first-order chi connectivity index (χ1) is 9.31. The third kappa shape index (κ3) is 3.94. The fraction of sp³-hybridized carbons (Fsp3) is 0.111. The molecule has 2 aromatic carbocycles. The molecule has 0 aliphatic heterocycles. The quantitative estimate of drug-likeness (QED) is 0.806. The van der Waals surface area contributed by atoms with Gasteiger partial charge in [0.25, 0.3) is 0 Å². The molecular weight excluding hydrogens is 230 g/mol. The van der Waals surface area contributed by atoms with Gasteiger partial charge in [0.2, 0.25) is 0 Å². The first kappa shape index (κ1) is 13.3. The van der Waals surface area contributed by atoms with Crippen molar-refractivity contribution in [3.63, 3.8) is 0 Å². The summed E-state index contributed by atoms with van der Waals surface area (Å²) < 4.78 is 0. The van der Waals surface area contributed by atoms with Crippen LogP contribution in [-0.2, 0) is 13.1 Å². The zero-order valence-corrected chi connectivity index (χ0v) is 11.1. The van der Waals surface area contributed by atoms with Gasteiger partial charge in [-0.25, -0.2) is 0 Å². The molecule has 1 N–H and O–H groups in total. The minimum absolute atomic E-state index is 0.866. The van der Waals surface area contributed by atoms with Crippen molar-refractivity contribution in [2.24, 2.45) is 0 Å². The van der Waals surface area contributed by atoms with Gasteiger partial charge in [-0.1, -0.05) is 73.8 Å². The first-order valence-corrected chi connectivity index (χ1v) is 6.45. The summed E-state index contributed by atoms with van der Waals surface area (Å²) in [5.41, 5.74) is 4.88. The fourth-order valence-electron chi connectivity index (χ4n) is 1.95. The Kier molecular flexibility index (Phi) is 4.71. The zero-order chi connectivity index (χ0) is 13.5. The standard InChI is InChI=1S/C18H19N/c1-3-15-8-10-17(11-9-15)13-19-14-18-7-5-6-16(4-2)12-18/h3-12,19H,1-2,13-14H2. The number of rotatable bonds is 6. The van der Waals surface area contributed by atoms with Gasteiger partial charge in [-0.3, -0.25) is 0 Å². The van der Waals surface area contributed by atoms with Crippen molar-refractivity contribution in [3.05, 3.63) is 83.9 Å². The van der Waals surface area contributed by atoms with Gasteiger partial charge in [0, 0.05) is 13.1 Å². The van der Waals surface area contributed by atoms with Gasteiger partial charge in [0.1, 0.15) is 0 Å². The molecule has 0 unspecified atom stereocenters. The highest BCUT2D eigenvalue weighted by Gasteiger charge is 1.95. The molecule has 0 aliphatic carbocycles. The molecule has 1 heteroatoms. The lowest BCUT2D eigenvalue weighted by molar-refractivity contribution is 0.693. The Hall–Kier alpha value is -2.12. The van der Waals surface area contributed by atoms with E-state index in [-0.39, 0.29) is 0 Å². The lowest BCUT2D eigenvalue weighted by Gasteiger charge is -2.06. The Morgan fingerprint density at radius 3 is 2.16 bits per heavy atom. The number of hydrogen-bond acceptors (Lipinski definition) is 1. The van der Waals surface area contributed by atoms with Crippen LogP contribution in [0.4, 0.5) is 0 Å². The average molecular weight is 249 g/mol. The van der Waals surface area contributed by atoms with E-state index in [0.717, 1.165) is 24.2 Å². The molecule has 0 amide bonds. The van der Waals surface area contributed by atoms with Crippen LogP contribution in [0.25, 0.3) is 12.2 Å². The Labute approximate surface area is 115 Å². The van der Waals surface area contributed by atoms with E-state index in [9.17, 15) is 0 Å². The Balaban J connectivity index is 1.88. The summed E-state index contributed by atoms with van der Waals surface area (Å²) in [7, 11) is 0. The van der Waals surface area contributed by atoms with Crippen LogP contribution in [0.5, 0.6) is 0 Å². The van der Waals surface area contributed by atoms with Gasteiger partial charge < -0.3 is 5.32 Å². The van der Waals surface area contributed by atoms with Gasteiger partial charge in [-0.15, -0.1) is 0 Å². The molecule has 0 radical (unpaired) electrons. The summed E-state index contributed by atoms with van der Waals surface area (Å²) in [4.78, 5) is 0. The Bertz CT molecular complexity index is 552. The van der Waals surface area contributed by atoms with Gasteiger partial charge in [-0.2, -0.15) is 0 Å². The van der Waals surface area contributed by atoms with E-state index < -0.39 is 0 Å². The predicted molar refractivity (Wildman–Crippen MR) is 83.6 cm³/mol. The van der Waals surface area contributed by atoms with Crippen LogP contribution in [0.3, 0.4) is 0 Å². The second-order valence-electron chi connectivity index (χ2n) is 4.50. The smallest absolute Gasteiger partial charge is 0.0208 e. The maximum absolute atomic E-state index is 3.79. The maximum atomic E-state index is 3.79. The summed E-state index contributed by atoms with van der Waals surface area (Å²) >= 11 is 0. The highest BCUT2D eigenvalue weighted by atomic mass is 14.8. The minimum Gasteiger partial charge on any atom is -0.309 e. The summed E-state index contributed by atoms with van der Waals surface area (Å²) in [5.74, 6) is 0. The molecule has 0 saturated carbocycles. The van der Waals surface area contributed by atoms with Crippen LogP contribution in [0.1, 0.15) is 22.3 Å². The SMILES string of the molecule is C=Cc1ccc(CNCc2cccc(C=C)c2)cc1. The van der Waals surface area contributed by atoms with Crippen molar-refractivity contribution in [1.82, 2.24) is 5.32 Å². The first-order valence-electron chi connectivity index (χ1n) is 6.45. The Morgan fingerprint density at radius 2 is 1.47 bits per heavy atom. The molecule has 0 atom stereocenters. The molecule has 0 aromatic heterocycles. The maximum Gasteiger partial charge on any atom is 0.0208 e. The molecule has 19 heavy (non-hydrogen) atoms. The molecule has 0 bridgehead atoms. The fourth-order valence-corrected chi connectivity index (χ4v) is 1.95. The van der Waals surface area contributed by atoms with Crippen LogP contribution in [0.2, 0.25) is 0 Å². The van der Waals surface area contributed by atoms with Crippen LogP contribution < -0.4 is 5.32 Å². The van der Waals surface area contributed by atoms with E-state index in [1.54, 1.807) is 0 Å². The molecule has 0 fully saturated rings. The normalized spacial score (nSPS) is 10.1. The largest absolute Gasteiger partial charge is 0.309 e. The summed E-state index contributed by atoms with van der Waals surface area (Å²) in [6.45, 7) is 9.28. The predicted octanol–water partition coefficient (Wildman–Crippen LogP) is 4.26. The second-order valence-corrected chi connectivity index (χ2v) is 4.50.